The normalized spacial score (nSPS) is 12.6. The minimum absolute atomic E-state index is 0.0658. The number of carbonyl (C=O) groups excluding carboxylic acids is 1. The Morgan fingerprint density at radius 1 is 0.519 bits per heavy atom. The largest absolute Gasteiger partial charge is 0.379 e. The van der Waals surface area contributed by atoms with Crippen LogP contribution in [0.25, 0.3) is 0 Å². The van der Waals surface area contributed by atoms with Crippen molar-refractivity contribution in [2.75, 3.05) is 46.0 Å². The average Bonchev–Trinajstić information content (AvgIpc) is 3.15. The molecule has 0 aromatic carbocycles. The standard InChI is InChI=1S/C47H92N2O3/c1-5-9-11-13-15-17-19-21-23-25-27-29-31-33-35-37-42-51-45-46(44-48-47(50)40-39-41-49(7-3)8-4)52-43-38-36-34-32-30-28-26-24-22-20-18-16-14-12-10-6-2/h21-24,46H,5-20,25-45H2,1-4H3,(H,48,50). The zero-order valence-electron chi connectivity index (χ0n) is 35.7. The molecule has 1 unspecified atom stereocenters. The van der Waals surface area contributed by atoms with Crippen LogP contribution in [0.15, 0.2) is 24.3 Å². The van der Waals surface area contributed by atoms with Crippen LogP contribution < -0.4 is 5.32 Å². The Labute approximate surface area is 326 Å². The number of nitrogens with zero attached hydrogens (tertiary/aromatic N) is 1. The summed E-state index contributed by atoms with van der Waals surface area (Å²) in [4.78, 5) is 14.9. The smallest absolute Gasteiger partial charge is 0.220 e. The third-order valence-electron chi connectivity index (χ3n) is 10.4. The summed E-state index contributed by atoms with van der Waals surface area (Å²) in [6, 6.07) is 0. The molecule has 0 saturated carbocycles. The molecule has 0 bridgehead atoms. The zero-order valence-corrected chi connectivity index (χ0v) is 35.7. The molecule has 0 aliphatic rings. The highest BCUT2D eigenvalue weighted by molar-refractivity contribution is 5.75. The Bertz CT molecular complexity index is 751. The van der Waals surface area contributed by atoms with Gasteiger partial charge in [0.1, 0.15) is 0 Å². The number of ether oxygens (including phenoxy) is 2. The molecule has 0 spiro atoms. The fraction of sp³-hybridized carbons (Fsp3) is 0.894. The maximum Gasteiger partial charge on any atom is 0.220 e. The number of amides is 1. The molecule has 0 radical (unpaired) electrons. The summed E-state index contributed by atoms with van der Waals surface area (Å²) in [6.07, 6.45) is 47.8. The Hall–Kier alpha value is -1.17. The second-order valence-electron chi connectivity index (χ2n) is 15.4. The van der Waals surface area contributed by atoms with Gasteiger partial charge in [0.25, 0.3) is 0 Å². The van der Waals surface area contributed by atoms with Crippen LogP contribution in [0.3, 0.4) is 0 Å². The van der Waals surface area contributed by atoms with Crippen molar-refractivity contribution < 1.29 is 14.3 Å². The molecule has 0 aliphatic heterocycles. The molecule has 0 aromatic heterocycles. The fourth-order valence-electron chi connectivity index (χ4n) is 6.75. The van der Waals surface area contributed by atoms with Gasteiger partial charge in [-0.05, 0) is 90.3 Å². The van der Waals surface area contributed by atoms with E-state index < -0.39 is 0 Å². The molecule has 1 N–H and O–H groups in total. The van der Waals surface area contributed by atoms with Crippen molar-refractivity contribution in [1.29, 1.82) is 0 Å². The van der Waals surface area contributed by atoms with Gasteiger partial charge >= 0.3 is 0 Å². The number of rotatable bonds is 43. The van der Waals surface area contributed by atoms with Crippen LogP contribution in [0.1, 0.15) is 220 Å². The number of unbranched alkanes of at least 4 members (excludes halogenated alkanes) is 24. The van der Waals surface area contributed by atoms with E-state index in [9.17, 15) is 4.79 Å². The number of hydrogen-bond acceptors (Lipinski definition) is 4. The molecule has 0 aromatic rings. The molecule has 5 heteroatoms. The van der Waals surface area contributed by atoms with Crippen LogP contribution in [0.2, 0.25) is 0 Å². The summed E-state index contributed by atoms with van der Waals surface area (Å²) in [7, 11) is 0. The van der Waals surface area contributed by atoms with Gasteiger partial charge in [0.05, 0.1) is 12.7 Å². The number of allylic oxidation sites excluding steroid dienone is 4. The van der Waals surface area contributed by atoms with E-state index in [1.807, 2.05) is 0 Å². The van der Waals surface area contributed by atoms with Crippen molar-refractivity contribution in [1.82, 2.24) is 10.2 Å². The summed E-state index contributed by atoms with van der Waals surface area (Å²) in [5, 5.41) is 3.14. The molecule has 5 nitrogen and oxygen atoms in total. The Morgan fingerprint density at radius 2 is 0.923 bits per heavy atom. The number of hydrogen-bond donors (Lipinski definition) is 1. The SMILES string of the molecule is CCCCCCCCC=CCCCCCCCCOCC(CNC(=O)CCCN(CC)CC)OCCCCCCCCC=CCCCCCCCC. The molecular formula is C47H92N2O3. The molecule has 0 heterocycles. The molecule has 0 saturated heterocycles. The van der Waals surface area contributed by atoms with E-state index in [0.29, 0.717) is 19.6 Å². The highest BCUT2D eigenvalue weighted by Crippen LogP contribution is 2.12. The van der Waals surface area contributed by atoms with Gasteiger partial charge in [0.15, 0.2) is 0 Å². The van der Waals surface area contributed by atoms with Gasteiger partial charge in [-0.25, -0.2) is 0 Å². The van der Waals surface area contributed by atoms with Crippen molar-refractivity contribution >= 4 is 5.91 Å². The van der Waals surface area contributed by atoms with Gasteiger partial charge in [-0.2, -0.15) is 0 Å². The van der Waals surface area contributed by atoms with Gasteiger partial charge < -0.3 is 19.7 Å². The molecule has 0 rings (SSSR count). The quantitative estimate of drug-likeness (QED) is 0.0501. The predicted octanol–water partition coefficient (Wildman–Crippen LogP) is 13.7. The van der Waals surface area contributed by atoms with Gasteiger partial charge in [0.2, 0.25) is 5.91 Å². The van der Waals surface area contributed by atoms with Crippen LogP contribution >= 0.6 is 0 Å². The van der Waals surface area contributed by atoms with E-state index in [1.54, 1.807) is 0 Å². The van der Waals surface area contributed by atoms with E-state index in [-0.39, 0.29) is 12.0 Å². The summed E-state index contributed by atoms with van der Waals surface area (Å²) in [6.45, 7) is 14.6. The summed E-state index contributed by atoms with van der Waals surface area (Å²) in [5.74, 6) is 0.131. The summed E-state index contributed by atoms with van der Waals surface area (Å²) >= 11 is 0. The van der Waals surface area contributed by atoms with Crippen LogP contribution in [-0.2, 0) is 14.3 Å². The second-order valence-corrected chi connectivity index (χ2v) is 15.4. The molecule has 308 valence electrons. The monoisotopic (exact) mass is 733 g/mol. The van der Waals surface area contributed by atoms with E-state index in [0.717, 1.165) is 52.1 Å². The average molecular weight is 733 g/mol. The van der Waals surface area contributed by atoms with Crippen molar-refractivity contribution in [3.63, 3.8) is 0 Å². The van der Waals surface area contributed by atoms with Gasteiger partial charge in [0, 0.05) is 26.2 Å². The van der Waals surface area contributed by atoms with E-state index in [2.05, 4.69) is 62.2 Å². The Morgan fingerprint density at radius 3 is 1.37 bits per heavy atom. The summed E-state index contributed by atoms with van der Waals surface area (Å²) in [5.41, 5.74) is 0. The van der Waals surface area contributed by atoms with Crippen molar-refractivity contribution in [3.05, 3.63) is 24.3 Å². The maximum atomic E-state index is 12.5. The van der Waals surface area contributed by atoms with E-state index >= 15 is 0 Å². The van der Waals surface area contributed by atoms with Gasteiger partial charge in [-0.3, -0.25) is 4.79 Å². The molecule has 52 heavy (non-hydrogen) atoms. The minimum atomic E-state index is -0.0658. The minimum Gasteiger partial charge on any atom is -0.379 e. The van der Waals surface area contributed by atoms with Crippen LogP contribution in [0.5, 0.6) is 0 Å². The third-order valence-corrected chi connectivity index (χ3v) is 10.4. The van der Waals surface area contributed by atoms with Crippen molar-refractivity contribution in [2.24, 2.45) is 0 Å². The van der Waals surface area contributed by atoms with E-state index in [4.69, 9.17) is 9.47 Å². The lowest BCUT2D eigenvalue weighted by Crippen LogP contribution is -2.37. The molecule has 0 fully saturated rings. The second kappa shape index (κ2) is 44.2. The first-order valence-corrected chi connectivity index (χ1v) is 23.2. The zero-order chi connectivity index (χ0) is 37.8. The molecular weight excluding hydrogens is 641 g/mol. The number of nitrogens with one attached hydrogen (secondary N) is 1. The molecule has 1 atom stereocenters. The lowest BCUT2D eigenvalue weighted by molar-refractivity contribution is -0.122. The predicted molar refractivity (Wildman–Crippen MR) is 229 cm³/mol. The maximum absolute atomic E-state index is 12.5. The van der Waals surface area contributed by atoms with Crippen molar-refractivity contribution in [2.45, 2.75) is 226 Å². The molecule has 0 aliphatic carbocycles. The lowest BCUT2D eigenvalue weighted by Gasteiger charge is -2.20. The highest BCUT2D eigenvalue weighted by atomic mass is 16.5. The van der Waals surface area contributed by atoms with Crippen LogP contribution in [0, 0.1) is 0 Å². The first-order chi connectivity index (χ1) is 25.7. The Balaban J connectivity index is 4.05. The fourth-order valence-corrected chi connectivity index (χ4v) is 6.75. The molecule has 1 amide bonds. The first kappa shape index (κ1) is 50.8. The van der Waals surface area contributed by atoms with Gasteiger partial charge in [-0.1, -0.05) is 168 Å². The highest BCUT2D eigenvalue weighted by Gasteiger charge is 2.12. The Kier molecular flexibility index (Phi) is 43.2. The summed E-state index contributed by atoms with van der Waals surface area (Å²) < 4.78 is 12.3. The van der Waals surface area contributed by atoms with Gasteiger partial charge in [-0.15, -0.1) is 0 Å². The topological polar surface area (TPSA) is 50.8 Å². The van der Waals surface area contributed by atoms with Crippen molar-refractivity contribution in [3.8, 4) is 0 Å². The lowest BCUT2D eigenvalue weighted by atomic mass is 10.1. The number of carbonyl (C=O) groups is 1. The first-order valence-electron chi connectivity index (χ1n) is 23.2. The third kappa shape index (κ3) is 40.0. The van der Waals surface area contributed by atoms with E-state index in [1.165, 1.54) is 167 Å². The van der Waals surface area contributed by atoms with Crippen LogP contribution in [-0.4, -0.2) is 62.9 Å². The van der Waals surface area contributed by atoms with Crippen LogP contribution in [0.4, 0.5) is 0 Å².